The molecule has 1 aromatic carbocycles. The molecule has 1 heterocycles. The molecule has 0 saturated heterocycles. The summed E-state index contributed by atoms with van der Waals surface area (Å²) < 4.78 is 5.31. The van der Waals surface area contributed by atoms with E-state index in [4.69, 9.17) is 4.74 Å². The van der Waals surface area contributed by atoms with Gasteiger partial charge in [-0.1, -0.05) is 32.0 Å². The Bertz CT molecular complexity index is 586. The van der Waals surface area contributed by atoms with E-state index in [9.17, 15) is 0 Å². The maximum Gasteiger partial charge on any atom is 0.122 e. The van der Waals surface area contributed by atoms with Gasteiger partial charge in [-0.15, -0.1) is 0 Å². The standard InChI is InChI=1S/C18H24N2O/c1-5-14-8-7-9-15(6-2)18(14)19-12-16-11-17(21-4)10-13(3)20-16/h7-11,19H,5-6,12H2,1-4H3. The van der Waals surface area contributed by atoms with Gasteiger partial charge in [0.15, 0.2) is 0 Å². The smallest absolute Gasteiger partial charge is 0.122 e. The fourth-order valence-corrected chi connectivity index (χ4v) is 2.56. The maximum absolute atomic E-state index is 5.31. The highest BCUT2D eigenvalue weighted by Crippen LogP contribution is 2.23. The van der Waals surface area contributed by atoms with Crippen LogP contribution in [0.5, 0.6) is 5.75 Å². The number of pyridine rings is 1. The summed E-state index contributed by atoms with van der Waals surface area (Å²) in [6.07, 6.45) is 2.06. The SMILES string of the molecule is CCc1cccc(CC)c1NCc1cc(OC)cc(C)n1. The number of hydrogen-bond acceptors (Lipinski definition) is 3. The van der Waals surface area contributed by atoms with Gasteiger partial charge >= 0.3 is 0 Å². The van der Waals surface area contributed by atoms with Crippen LogP contribution < -0.4 is 10.1 Å². The number of aromatic nitrogens is 1. The van der Waals surface area contributed by atoms with Crippen LogP contribution in [-0.4, -0.2) is 12.1 Å². The van der Waals surface area contributed by atoms with Gasteiger partial charge in [-0.3, -0.25) is 4.98 Å². The van der Waals surface area contributed by atoms with Crippen LogP contribution in [0.2, 0.25) is 0 Å². The predicted molar refractivity (Wildman–Crippen MR) is 88.1 cm³/mol. The molecule has 2 rings (SSSR count). The molecule has 0 saturated carbocycles. The first-order valence-electron chi connectivity index (χ1n) is 7.54. The Hall–Kier alpha value is -2.03. The van der Waals surface area contributed by atoms with Gasteiger partial charge in [0.2, 0.25) is 0 Å². The van der Waals surface area contributed by atoms with Crippen molar-refractivity contribution >= 4 is 5.69 Å². The lowest BCUT2D eigenvalue weighted by Crippen LogP contribution is -2.07. The zero-order valence-electron chi connectivity index (χ0n) is 13.4. The topological polar surface area (TPSA) is 34.1 Å². The van der Waals surface area contributed by atoms with E-state index in [0.29, 0.717) is 6.54 Å². The average molecular weight is 284 g/mol. The van der Waals surface area contributed by atoms with Gasteiger partial charge in [0, 0.05) is 23.5 Å². The van der Waals surface area contributed by atoms with Crippen molar-refractivity contribution in [3.05, 3.63) is 52.8 Å². The fourth-order valence-electron chi connectivity index (χ4n) is 2.56. The Balaban J connectivity index is 2.22. The molecule has 3 heteroatoms. The molecule has 0 aliphatic rings. The van der Waals surface area contributed by atoms with Crippen LogP contribution in [-0.2, 0) is 19.4 Å². The van der Waals surface area contributed by atoms with E-state index in [1.54, 1.807) is 7.11 Å². The molecule has 3 nitrogen and oxygen atoms in total. The van der Waals surface area contributed by atoms with Gasteiger partial charge in [0.25, 0.3) is 0 Å². The van der Waals surface area contributed by atoms with Crippen LogP contribution in [0.25, 0.3) is 0 Å². The van der Waals surface area contributed by atoms with Gasteiger partial charge in [-0.25, -0.2) is 0 Å². The van der Waals surface area contributed by atoms with Crippen molar-refractivity contribution < 1.29 is 4.74 Å². The van der Waals surface area contributed by atoms with Gasteiger partial charge in [-0.2, -0.15) is 0 Å². The Labute approximate surface area is 127 Å². The normalized spacial score (nSPS) is 10.5. The van der Waals surface area contributed by atoms with Crippen molar-refractivity contribution in [2.45, 2.75) is 40.2 Å². The first-order valence-corrected chi connectivity index (χ1v) is 7.54. The second-order valence-electron chi connectivity index (χ2n) is 5.15. The van der Waals surface area contributed by atoms with E-state index >= 15 is 0 Å². The Morgan fingerprint density at radius 1 is 1.10 bits per heavy atom. The molecule has 21 heavy (non-hydrogen) atoms. The lowest BCUT2D eigenvalue weighted by atomic mass is 10.0. The van der Waals surface area contributed by atoms with Crippen LogP contribution in [0.1, 0.15) is 36.4 Å². The van der Waals surface area contributed by atoms with Gasteiger partial charge in [-0.05, 0) is 30.9 Å². The first kappa shape index (κ1) is 15.4. The number of para-hydroxylation sites is 1. The number of nitrogens with zero attached hydrogens (tertiary/aromatic N) is 1. The summed E-state index contributed by atoms with van der Waals surface area (Å²) in [5.74, 6) is 0.860. The van der Waals surface area contributed by atoms with E-state index in [-0.39, 0.29) is 0 Å². The summed E-state index contributed by atoms with van der Waals surface area (Å²) in [4.78, 5) is 4.57. The molecule has 1 N–H and O–H groups in total. The Kier molecular flexibility index (Phi) is 5.20. The van der Waals surface area contributed by atoms with E-state index in [0.717, 1.165) is 30.0 Å². The number of ether oxygens (including phenoxy) is 1. The fraction of sp³-hybridized carbons (Fsp3) is 0.389. The molecule has 0 spiro atoms. The number of nitrogens with one attached hydrogen (secondary N) is 1. The number of methoxy groups -OCH3 is 1. The minimum absolute atomic E-state index is 0.710. The van der Waals surface area contributed by atoms with Crippen molar-refractivity contribution in [3.8, 4) is 5.75 Å². The zero-order chi connectivity index (χ0) is 15.2. The Morgan fingerprint density at radius 3 is 2.33 bits per heavy atom. The zero-order valence-corrected chi connectivity index (χ0v) is 13.4. The molecule has 0 bridgehead atoms. The highest BCUT2D eigenvalue weighted by Gasteiger charge is 2.07. The third-order valence-electron chi connectivity index (χ3n) is 3.66. The molecule has 0 aliphatic carbocycles. The minimum atomic E-state index is 0.710. The molecule has 1 aromatic heterocycles. The van der Waals surface area contributed by atoms with Gasteiger partial charge in [0.05, 0.1) is 19.3 Å². The van der Waals surface area contributed by atoms with Crippen molar-refractivity contribution in [1.29, 1.82) is 0 Å². The summed E-state index contributed by atoms with van der Waals surface area (Å²) in [7, 11) is 1.69. The van der Waals surface area contributed by atoms with E-state index < -0.39 is 0 Å². The van der Waals surface area contributed by atoms with E-state index in [1.807, 2.05) is 19.1 Å². The number of anilines is 1. The molecule has 0 unspecified atom stereocenters. The third kappa shape index (κ3) is 3.75. The van der Waals surface area contributed by atoms with E-state index in [2.05, 4.69) is 42.3 Å². The first-order chi connectivity index (χ1) is 10.2. The molecule has 0 aliphatic heterocycles. The van der Waals surface area contributed by atoms with Crippen LogP contribution in [0.3, 0.4) is 0 Å². The monoisotopic (exact) mass is 284 g/mol. The molecular formula is C18H24N2O. The summed E-state index contributed by atoms with van der Waals surface area (Å²) in [5, 5.41) is 3.56. The summed E-state index contributed by atoms with van der Waals surface area (Å²) in [6, 6.07) is 10.4. The van der Waals surface area contributed by atoms with Crippen molar-refractivity contribution in [3.63, 3.8) is 0 Å². The predicted octanol–water partition coefficient (Wildman–Crippen LogP) is 4.14. The number of hydrogen-bond donors (Lipinski definition) is 1. The summed E-state index contributed by atoms with van der Waals surface area (Å²) in [5.41, 5.74) is 5.94. The van der Waals surface area contributed by atoms with Crippen molar-refractivity contribution in [2.75, 3.05) is 12.4 Å². The largest absolute Gasteiger partial charge is 0.497 e. The van der Waals surface area contributed by atoms with Crippen LogP contribution in [0.4, 0.5) is 5.69 Å². The molecule has 2 aromatic rings. The van der Waals surface area contributed by atoms with Crippen molar-refractivity contribution in [1.82, 2.24) is 4.98 Å². The average Bonchev–Trinajstić information content (AvgIpc) is 2.51. The van der Waals surface area contributed by atoms with Crippen LogP contribution in [0, 0.1) is 6.92 Å². The lowest BCUT2D eigenvalue weighted by Gasteiger charge is -2.15. The number of rotatable bonds is 6. The second kappa shape index (κ2) is 7.11. The maximum atomic E-state index is 5.31. The molecule has 0 fully saturated rings. The number of aryl methyl sites for hydroxylation is 3. The van der Waals surface area contributed by atoms with Crippen LogP contribution >= 0.6 is 0 Å². The highest BCUT2D eigenvalue weighted by atomic mass is 16.5. The van der Waals surface area contributed by atoms with Crippen molar-refractivity contribution in [2.24, 2.45) is 0 Å². The van der Waals surface area contributed by atoms with Crippen LogP contribution in [0.15, 0.2) is 30.3 Å². The second-order valence-corrected chi connectivity index (χ2v) is 5.15. The van der Waals surface area contributed by atoms with Gasteiger partial charge in [0.1, 0.15) is 5.75 Å². The third-order valence-corrected chi connectivity index (χ3v) is 3.66. The quantitative estimate of drug-likeness (QED) is 0.866. The Morgan fingerprint density at radius 2 is 1.76 bits per heavy atom. The highest BCUT2D eigenvalue weighted by molar-refractivity contribution is 5.58. The summed E-state index contributed by atoms with van der Waals surface area (Å²) in [6.45, 7) is 7.08. The summed E-state index contributed by atoms with van der Waals surface area (Å²) >= 11 is 0. The molecule has 0 atom stereocenters. The molecule has 0 radical (unpaired) electrons. The number of benzene rings is 1. The minimum Gasteiger partial charge on any atom is -0.497 e. The molecule has 112 valence electrons. The van der Waals surface area contributed by atoms with Gasteiger partial charge < -0.3 is 10.1 Å². The molecule has 0 amide bonds. The van der Waals surface area contributed by atoms with E-state index in [1.165, 1.54) is 16.8 Å². The molecular weight excluding hydrogens is 260 g/mol. The lowest BCUT2D eigenvalue weighted by molar-refractivity contribution is 0.413.